The van der Waals surface area contributed by atoms with E-state index in [9.17, 15) is 9.59 Å². The second-order valence-electron chi connectivity index (χ2n) is 4.43. The molecule has 0 fully saturated rings. The smallest absolute Gasteiger partial charge is 0.273 e. The van der Waals surface area contributed by atoms with Crippen LogP contribution in [0.3, 0.4) is 0 Å². The number of benzene rings is 1. The Hall–Kier alpha value is -2.89. The first-order chi connectivity index (χ1) is 9.63. The second-order valence-corrected chi connectivity index (χ2v) is 4.43. The number of fused-ring (bicyclic) bond motifs is 1. The van der Waals surface area contributed by atoms with E-state index in [1.54, 1.807) is 48.3 Å². The molecule has 0 spiro atoms. The number of hydrogen-bond acceptors (Lipinski definition) is 3. The largest absolute Gasteiger partial charge is 0.317 e. The minimum atomic E-state index is -0.397. The van der Waals surface area contributed by atoms with Gasteiger partial charge in [-0.1, -0.05) is 18.2 Å². The summed E-state index contributed by atoms with van der Waals surface area (Å²) in [6.45, 7) is 0. The van der Waals surface area contributed by atoms with Crippen LogP contribution in [0.2, 0.25) is 0 Å². The lowest BCUT2D eigenvalue weighted by Gasteiger charge is -2.03. The number of carbonyl (C=O) groups is 1. The lowest BCUT2D eigenvalue weighted by molar-refractivity contribution is 0.102. The highest BCUT2D eigenvalue weighted by Gasteiger charge is 2.10. The van der Waals surface area contributed by atoms with Crippen molar-refractivity contribution in [3.05, 3.63) is 58.6 Å². The van der Waals surface area contributed by atoms with Gasteiger partial charge in [0, 0.05) is 24.7 Å². The summed E-state index contributed by atoms with van der Waals surface area (Å²) in [5.74, 6) is 0.0399. The Morgan fingerprint density at radius 2 is 2.10 bits per heavy atom. The third-order valence-electron chi connectivity index (χ3n) is 2.95. The average molecular weight is 268 g/mol. The van der Waals surface area contributed by atoms with Crippen LogP contribution in [-0.4, -0.2) is 20.7 Å². The minimum Gasteiger partial charge on any atom is -0.317 e. The molecule has 20 heavy (non-hydrogen) atoms. The van der Waals surface area contributed by atoms with Gasteiger partial charge in [-0.15, -0.1) is 0 Å². The van der Waals surface area contributed by atoms with Crippen molar-refractivity contribution in [2.75, 3.05) is 5.32 Å². The lowest BCUT2D eigenvalue weighted by Crippen LogP contribution is -2.19. The molecule has 2 N–H and O–H groups in total. The van der Waals surface area contributed by atoms with Gasteiger partial charge in [0.2, 0.25) is 0 Å². The number of nitrogens with zero attached hydrogens (tertiary/aromatic N) is 2. The molecule has 100 valence electrons. The third-order valence-corrected chi connectivity index (χ3v) is 2.95. The molecule has 0 bridgehead atoms. The van der Waals surface area contributed by atoms with E-state index in [0.717, 1.165) is 5.39 Å². The Bertz CT molecular complexity index is 848. The minimum absolute atomic E-state index is 0.208. The van der Waals surface area contributed by atoms with Crippen molar-refractivity contribution in [1.29, 1.82) is 0 Å². The molecule has 0 aliphatic heterocycles. The summed E-state index contributed by atoms with van der Waals surface area (Å²) in [6, 6.07) is 10.4. The number of aryl methyl sites for hydroxylation is 1. The quantitative estimate of drug-likeness (QED) is 0.739. The molecule has 0 radical (unpaired) electrons. The van der Waals surface area contributed by atoms with Crippen molar-refractivity contribution >= 4 is 22.5 Å². The van der Waals surface area contributed by atoms with Crippen LogP contribution in [0.5, 0.6) is 0 Å². The monoisotopic (exact) mass is 268 g/mol. The number of nitrogens with one attached hydrogen (secondary N) is 2. The van der Waals surface area contributed by atoms with Crippen LogP contribution in [0.1, 0.15) is 10.5 Å². The summed E-state index contributed by atoms with van der Waals surface area (Å²) in [7, 11) is 1.76. The molecule has 0 unspecified atom stereocenters. The van der Waals surface area contributed by atoms with Gasteiger partial charge in [-0.3, -0.25) is 14.3 Å². The van der Waals surface area contributed by atoms with Gasteiger partial charge >= 0.3 is 0 Å². The van der Waals surface area contributed by atoms with E-state index in [2.05, 4.69) is 15.4 Å². The van der Waals surface area contributed by atoms with Crippen LogP contribution in [0.15, 0.2) is 47.4 Å². The highest BCUT2D eigenvalue weighted by Crippen LogP contribution is 2.11. The van der Waals surface area contributed by atoms with Crippen LogP contribution in [0.25, 0.3) is 10.8 Å². The van der Waals surface area contributed by atoms with Crippen molar-refractivity contribution < 1.29 is 4.79 Å². The Morgan fingerprint density at radius 3 is 2.85 bits per heavy atom. The molecule has 0 aliphatic rings. The summed E-state index contributed by atoms with van der Waals surface area (Å²) in [4.78, 5) is 26.6. The molecule has 0 saturated carbocycles. The molecule has 6 nitrogen and oxygen atoms in total. The van der Waals surface area contributed by atoms with E-state index in [4.69, 9.17) is 0 Å². The maximum Gasteiger partial charge on any atom is 0.273 e. The molecule has 3 aromatic rings. The Balaban J connectivity index is 1.97. The Morgan fingerprint density at radius 1 is 1.30 bits per heavy atom. The fourth-order valence-corrected chi connectivity index (χ4v) is 2.00. The highest BCUT2D eigenvalue weighted by molar-refractivity contribution is 6.04. The molecular formula is C14H12N4O2. The van der Waals surface area contributed by atoms with Gasteiger partial charge in [-0.25, -0.2) is 0 Å². The molecule has 0 atom stereocenters. The number of aromatic nitrogens is 3. The first-order valence-electron chi connectivity index (χ1n) is 6.06. The fraction of sp³-hybridized carbons (Fsp3) is 0.0714. The van der Waals surface area contributed by atoms with E-state index in [1.807, 2.05) is 6.07 Å². The van der Waals surface area contributed by atoms with Gasteiger partial charge in [-0.2, -0.15) is 5.10 Å². The zero-order valence-electron chi connectivity index (χ0n) is 10.8. The summed E-state index contributed by atoms with van der Waals surface area (Å²) >= 11 is 0. The number of aromatic amines is 1. The van der Waals surface area contributed by atoms with E-state index in [0.29, 0.717) is 11.2 Å². The van der Waals surface area contributed by atoms with E-state index in [-0.39, 0.29) is 11.3 Å². The predicted molar refractivity (Wildman–Crippen MR) is 75.7 cm³/mol. The van der Waals surface area contributed by atoms with Crippen molar-refractivity contribution in [3.63, 3.8) is 0 Å². The zero-order valence-corrected chi connectivity index (χ0v) is 10.8. The highest BCUT2D eigenvalue weighted by atomic mass is 16.2. The first kappa shape index (κ1) is 12.2. The second kappa shape index (κ2) is 4.65. The molecular weight excluding hydrogens is 256 g/mol. The SMILES string of the molecule is Cn1ccc(NC(=O)c2cc3ccccc3c(=O)[nH]2)n1. The summed E-state index contributed by atoms with van der Waals surface area (Å²) in [5, 5.41) is 7.97. The Labute approximate surface area is 114 Å². The van der Waals surface area contributed by atoms with E-state index >= 15 is 0 Å². The van der Waals surface area contributed by atoms with Crippen LogP contribution in [0.4, 0.5) is 5.82 Å². The average Bonchev–Trinajstić information content (AvgIpc) is 2.84. The number of hydrogen-bond donors (Lipinski definition) is 2. The number of amides is 1. The van der Waals surface area contributed by atoms with Crippen LogP contribution in [-0.2, 0) is 7.05 Å². The van der Waals surface area contributed by atoms with Gasteiger partial charge < -0.3 is 10.3 Å². The predicted octanol–water partition coefficient (Wildman–Crippen LogP) is 1.51. The first-order valence-corrected chi connectivity index (χ1v) is 6.06. The number of pyridine rings is 1. The molecule has 1 amide bonds. The van der Waals surface area contributed by atoms with E-state index < -0.39 is 5.91 Å². The van der Waals surface area contributed by atoms with Crippen LogP contribution in [0, 0.1) is 0 Å². The molecule has 2 aromatic heterocycles. The summed E-state index contributed by atoms with van der Waals surface area (Å²) < 4.78 is 1.58. The van der Waals surface area contributed by atoms with Gasteiger partial charge in [0.05, 0.1) is 0 Å². The summed E-state index contributed by atoms with van der Waals surface area (Å²) in [5.41, 5.74) is -0.0753. The number of H-pyrrole nitrogens is 1. The van der Waals surface area contributed by atoms with Gasteiger partial charge in [-0.05, 0) is 17.5 Å². The molecule has 1 aromatic carbocycles. The molecule has 6 heteroatoms. The number of anilines is 1. The van der Waals surface area contributed by atoms with Crippen LogP contribution < -0.4 is 10.9 Å². The third kappa shape index (κ3) is 2.18. The van der Waals surface area contributed by atoms with E-state index in [1.165, 1.54) is 0 Å². The number of carbonyl (C=O) groups excluding carboxylic acids is 1. The summed E-state index contributed by atoms with van der Waals surface area (Å²) in [6.07, 6.45) is 1.72. The van der Waals surface area contributed by atoms with Crippen molar-refractivity contribution in [1.82, 2.24) is 14.8 Å². The van der Waals surface area contributed by atoms with Gasteiger partial charge in [0.15, 0.2) is 5.82 Å². The molecule has 0 saturated heterocycles. The fourth-order valence-electron chi connectivity index (χ4n) is 2.00. The normalized spacial score (nSPS) is 10.7. The Kier molecular flexibility index (Phi) is 2.83. The van der Waals surface area contributed by atoms with Gasteiger partial charge in [0.25, 0.3) is 11.5 Å². The van der Waals surface area contributed by atoms with Crippen LogP contribution >= 0.6 is 0 Å². The maximum absolute atomic E-state index is 12.1. The lowest BCUT2D eigenvalue weighted by atomic mass is 10.1. The molecule has 0 aliphatic carbocycles. The standard InChI is InChI=1S/C14H12N4O2/c1-18-7-6-12(17-18)16-14(20)11-8-9-4-2-3-5-10(9)13(19)15-11/h2-8H,1H3,(H,15,19)(H,16,17,20). The molecule has 2 heterocycles. The van der Waals surface area contributed by atoms with Crippen molar-refractivity contribution in [3.8, 4) is 0 Å². The number of rotatable bonds is 2. The molecule has 3 rings (SSSR count). The van der Waals surface area contributed by atoms with Crippen molar-refractivity contribution in [2.24, 2.45) is 7.05 Å². The topological polar surface area (TPSA) is 79.8 Å². The van der Waals surface area contributed by atoms with Gasteiger partial charge in [0.1, 0.15) is 5.69 Å². The van der Waals surface area contributed by atoms with Crippen molar-refractivity contribution in [2.45, 2.75) is 0 Å². The maximum atomic E-state index is 12.1. The zero-order chi connectivity index (χ0) is 14.1.